The normalized spacial score (nSPS) is 24.3. The Kier molecular flexibility index (Phi) is 4.02. The van der Waals surface area contributed by atoms with Gasteiger partial charge in [0.1, 0.15) is 4.90 Å². The quantitative estimate of drug-likeness (QED) is 0.911. The minimum absolute atomic E-state index is 0.0845. The highest BCUT2D eigenvalue weighted by Gasteiger charge is 2.30. The fourth-order valence-corrected chi connectivity index (χ4v) is 3.84. The fourth-order valence-electron chi connectivity index (χ4n) is 2.56. The topological polar surface area (TPSA) is 59.1 Å². The van der Waals surface area contributed by atoms with Crippen molar-refractivity contribution in [3.63, 3.8) is 0 Å². The van der Waals surface area contributed by atoms with E-state index in [0.29, 0.717) is 5.92 Å². The molecule has 0 amide bonds. The van der Waals surface area contributed by atoms with E-state index in [2.05, 4.69) is 16.6 Å². The maximum Gasteiger partial charge on any atom is 0.242 e. The van der Waals surface area contributed by atoms with Crippen LogP contribution in [-0.4, -0.2) is 19.4 Å². The Morgan fingerprint density at radius 1 is 1.39 bits per heavy atom. The number of hydrogen-bond donors (Lipinski definition) is 1. The first-order chi connectivity index (χ1) is 8.53. The van der Waals surface area contributed by atoms with Crippen LogP contribution in [0.5, 0.6) is 0 Å². The molecule has 2 atom stereocenters. The van der Waals surface area contributed by atoms with Crippen LogP contribution in [0, 0.1) is 12.8 Å². The zero-order valence-corrected chi connectivity index (χ0v) is 11.7. The van der Waals surface area contributed by atoms with Crippen LogP contribution in [-0.2, 0) is 10.0 Å². The highest BCUT2D eigenvalue weighted by molar-refractivity contribution is 7.89. The molecule has 0 saturated heterocycles. The van der Waals surface area contributed by atoms with Gasteiger partial charge in [-0.1, -0.05) is 19.8 Å². The summed E-state index contributed by atoms with van der Waals surface area (Å²) in [6.07, 6.45) is 5.62. The molecule has 1 aliphatic rings. The highest BCUT2D eigenvalue weighted by Crippen LogP contribution is 2.29. The highest BCUT2D eigenvalue weighted by atomic mass is 32.2. The Labute approximate surface area is 109 Å². The van der Waals surface area contributed by atoms with Crippen molar-refractivity contribution in [3.8, 4) is 0 Å². The summed E-state index contributed by atoms with van der Waals surface area (Å²) >= 11 is 0. The number of pyridine rings is 1. The number of hydrogen-bond acceptors (Lipinski definition) is 3. The molecule has 0 spiro atoms. The zero-order valence-electron chi connectivity index (χ0n) is 10.9. The van der Waals surface area contributed by atoms with Crippen molar-refractivity contribution in [2.24, 2.45) is 5.92 Å². The molecule has 1 saturated carbocycles. The number of nitrogens with one attached hydrogen (secondary N) is 1. The van der Waals surface area contributed by atoms with Gasteiger partial charge in [-0.15, -0.1) is 0 Å². The van der Waals surface area contributed by atoms with Gasteiger partial charge >= 0.3 is 0 Å². The first kappa shape index (κ1) is 13.5. The second-order valence-electron chi connectivity index (χ2n) is 4.96. The maximum atomic E-state index is 12.2. The molecule has 0 aromatic carbocycles. The first-order valence-electron chi connectivity index (χ1n) is 6.48. The lowest BCUT2D eigenvalue weighted by Crippen LogP contribution is -2.37. The number of rotatable bonds is 4. The molecular weight excluding hydrogens is 248 g/mol. The lowest BCUT2D eigenvalue weighted by atomic mass is 10.0. The first-order valence-corrected chi connectivity index (χ1v) is 7.96. The van der Waals surface area contributed by atoms with Gasteiger partial charge in [-0.2, -0.15) is 0 Å². The molecule has 1 N–H and O–H groups in total. The largest absolute Gasteiger partial charge is 0.260 e. The van der Waals surface area contributed by atoms with Crippen molar-refractivity contribution >= 4 is 10.0 Å². The van der Waals surface area contributed by atoms with E-state index in [1.807, 2.05) is 6.92 Å². The van der Waals surface area contributed by atoms with E-state index in [9.17, 15) is 8.42 Å². The third-order valence-electron chi connectivity index (χ3n) is 3.68. The third kappa shape index (κ3) is 2.90. The fraction of sp³-hybridized carbons (Fsp3) is 0.615. The number of aryl methyl sites for hydroxylation is 1. The Bertz CT molecular complexity index is 496. The summed E-state index contributed by atoms with van der Waals surface area (Å²) in [6, 6.07) is 3.42. The molecule has 2 unspecified atom stereocenters. The Balaban J connectivity index is 2.14. The van der Waals surface area contributed by atoms with E-state index in [4.69, 9.17) is 0 Å². The molecule has 1 aromatic heterocycles. The summed E-state index contributed by atoms with van der Waals surface area (Å²) in [4.78, 5) is 4.30. The zero-order chi connectivity index (χ0) is 13.2. The van der Waals surface area contributed by atoms with Gasteiger partial charge in [0.25, 0.3) is 0 Å². The van der Waals surface area contributed by atoms with Crippen molar-refractivity contribution in [3.05, 3.63) is 24.0 Å². The summed E-state index contributed by atoms with van der Waals surface area (Å²) in [7, 11) is -3.42. The Morgan fingerprint density at radius 2 is 2.17 bits per heavy atom. The molecular formula is C13H20N2O2S. The summed E-state index contributed by atoms with van der Waals surface area (Å²) in [5.74, 6) is 0.471. The molecule has 100 valence electrons. The molecule has 1 fully saturated rings. The van der Waals surface area contributed by atoms with Crippen molar-refractivity contribution in [2.75, 3.05) is 0 Å². The monoisotopic (exact) mass is 268 g/mol. The van der Waals surface area contributed by atoms with Crippen molar-refractivity contribution < 1.29 is 8.42 Å². The number of aromatic nitrogens is 1. The summed E-state index contributed by atoms with van der Waals surface area (Å²) in [6.45, 7) is 3.96. The molecule has 0 radical (unpaired) electrons. The molecule has 2 rings (SSSR count). The van der Waals surface area contributed by atoms with Gasteiger partial charge in [0.2, 0.25) is 10.0 Å². The summed E-state index contributed by atoms with van der Waals surface area (Å²) < 4.78 is 27.2. The standard InChI is InChI=1S/C13H20N2O2S/c1-3-11-5-4-6-13(11)15-18(16,17)12-8-7-10(2)14-9-12/h7-9,11,13,15H,3-6H2,1-2H3. The van der Waals surface area contributed by atoms with Gasteiger partial charge in [0.05, 0.1) is 0 Å². The predicted octanol–water partition coefficient (Wildman–Crippen LogP) is 2.25. The van der Waals surface area contributed by atoms with Gasteiger partial charge in [0.15, 0.2) is 0 Å². The Hall–Kier alpha value is -0.940. The van der Waals surface area contributed by atoms with E-state index in [1.54, 1.807) is 12.1 Å². The van der Waals surface area contributed by atoms with Crippen LogP contribution in [0.4, 0.5) is 0 Å². The van der Waals surface area contributed by atoms with Gasteiger partial charge in [0, 0.05) is 17.9 Å². The van der Waals surface area contributed by atoms with E-state index in [1.165, 1.54) is 6.20 Å². The molecule has 0 aliphatic heterocycles. The molecule has 1 aromatic rings. The van der Waals surface area contributed by atoms with Crippen LogP contribution in [0.2, 0.25) is 0 Å². The van der Waals surface area contributed by atoms with Crippen LogP contribution < -0.4 is 4.72 Å². The van der Waals surface area contributed by atoms with Gasteiger partial charge in [-0.3, -0.25) is 4.98 Å². The predicted molar refractivity (Wildman–Crippen MR) is 70.7 cm³/mol. The van der Waals surface area contributed by atoms with Gasteiger partial charge in [-0.25, -0.2) is 13.1 Å². The SMILES string of the molecule is CCC1CCCC1NS(=O)(=O)c1ccc(C)nc1. The average molecular weight is 268 g/mol. The van der Waals surface area contributed by atoms with Crippen molar-refractivity contribution in [2.45, 2.75) is 50.5 Å². The van der Waals surface area contributed by atoms with Crippen LogP contribution in [0.25, 0.3) is 0 Å². The number of nitrogens with zero attached hydrogens (tertiary/aromatic N) is 1. The van der Waals surface area contributed by atoms with Crippen molar-refractivity contribution in [1.29, 1.82) is 0 Å². The Morgan fingerprint density at radius 3 is 2.78 bits per heavy atom. The lowest BCUT2D eigenvalue weighted by Gasteiger charge is -2.19. The van der Waals surface area contributed by atoms with E-state index in [0.717, 1.165) is 31.4 Å². The molecule has 5 heteroatoms. The van der Waals surface area contributed by atoms with E-state index >= 15 is 0 Å². The van der Waals surface area contributed by atoms with Gasteiger partial charge < -0.3 is 0 Å². The minimum atomic E-state index is -3.42. The smallest absolute Gasteiger partial charge is 0.242 e. The van der Waals surface area contributed by atoms with Crippen molar-refractivity contribution in [1.82, 2.24) is 9.71 Å². The lowest BCUT2D eigenvalue weighted by molar-refractivity contribution is 0.433. The summed E-state index contributed by atoms with van der Waals surface area (Å²) in [5, 5.41) is 0. The third-order valence-corrected chi connectivity index (χ3v) is 5.16. The average Bonchev–Trinajstić information content (AvgIpc) is 2.76. The number of sulfonamides is 1. The van der Waals surface area contributed by atoms with E-state index < -0.39 is 10.0 Å². The van der Waals surface area contributed by atoms with Crippen LogP contribution in [0.3, 0.4) is 0 Å². The second kappa shape index (κ2) is 5.36. The van der Waals surface area contributed by atoms with E-state index in [-0.39, 0.29) is 10.9 Å². The van der Waals surface area contributed by atoms with Crippen LogP contribution in [0.1, 0.15) is 38.3 Å². The maximum absolute atomic E-state index is 12.2. The second-order valence-corrected chi connectivity index (χ2v) is 6.68. The van der Waals surface area contributed by atoms with Crippen LogP contribution in [0.15, 0.2) is 23.2 Å². The van der Waals surface area contributed by atoms with Gasteiger partial charge in [-0.05, 0) is 37.8 Å². The molecule has 1 heterocycles. The molecule has 4 nitrogen and oxygen atoms in total. The molecule has 18 heavy (non-hydrogen) atoms. The van der Waals surface area contributed by atoms with Crippen LogP contribution >= 0.6 is 0 Å². The minimum Gasteiger partial charge on any atom is -0.260 e. The molecule has 0 bridgehead atoms. The molecule has 1 aliphatic carbocycles. The summed E-state index contributed by atoms with van der Waals surface area (Å²) in [5.41, 5.74) is 0.821.